The van der Waals surface area contributed by atoms with Crippen LogP contribution in [-0.2, 0) is 0 Å². The van der Waals surface area contributed by atoms with Crippen LogP contribution in [0.25, 0.3) is 22.1 Å². The molecule has 0 fully saturated rings. The molecule has 0 N–H and O–H groups in total. The Bertz CT molecular complexity index is 1050. The van der Waals surface area contributed by atoms with Crippen LogP contribution < -0.4 is 0 Å². The zero-order valence-corrected chi connectivity index (χ0v) is 14.7. The summed E-state index contributed by atoms with van der Waals surface area (Å²) >= 11 is 3.11. The van der Waals surface area contributed by atoms with Crippen molar-refractivity contribution >= 4 is 45.6 Å². The fourth-order valence-electron chi connectivity index (χ4n) is 2.70. The molecule has 1 aliphatic rings. The van der Waals surface area contributed by atoms with E-state index in [1.54, 1.807) is 23.5 Å². The molecule has 24 heavy (non-hydrogen) atoms. The summed E-state index contributed by atoms with van der Waals surface area (Å²) in [5.41, 5.74) is 6.15. The summed E-state index contributed by atoms with van der Waals surface area (Å²) in [6, 6.07) is 12.1. The Morgan fingerprint density at radius 2 is 0.958 bits per heavy atom. The highest BCUT2D eigenvalue weighted by Crippen LogP contribution is 2.45. The number of para-hydroxylation sites is 2. The van der Waals surface area contributed by atoms with Crippen LogP contribution in [0.1, 0.15) is 11.1 Å². The normalized spacial score (nSPS) is 13.1. The van der Waals surface area contributed by atoms with Crippen molar-refractivity contribution in [1.29, 1.82) is 0 Å². The summed E-state index contributed by atoms with van der Waals surface area (Å²) < 4.78 is 0. The Labute approximate surface area is 147 Å². The predicted octanol–water partition coefficient (Wildman–Crippen LogP) is 4.81. The Kier molecular flexibility index (Phi) is 3.05. The highest BCUT2D eigenvalue weighted by molar-refractivity contribution is 8.04. The molecule has 0 saturated carbocycles. The first kappa shape index (κ1) is 14.2. The van der Waals surface area contributed by atoms with Gasteiger partial charge in [0, 0.05) is 0 Å². The molecule has 0 saturated heterocycles. The van der Waals surface area contributed by atoms with E-state index < -0.39 is 0 Å². The third-order valence-corrected chi connectivity index (χ3v) is 6.28. The zero-order chi connectivity index (χ0) is 16.3. The monoisotopic (exact) mass is 348 g/mol. The molecule has 0 aliphatic carbocycles. The Balaban J connectivity index is 1.69. The van der Waals surface area contributed by atoms with Gasteiger partial charge < -0.3 is 0 Å². The van der Waals surface area contributed by atoms with Crippen LogP contribution in [0.3, 0.4) is 0 Å². The maximum absolute atomic E-state index is 4.81. The lowest BCUT2D eigenvalue weighted by molar-refractivity contribution is 0.900. The molecule has 116 valence electrons. The van der Waals surface area contributed by atoms with Crippen LogP contribution >= 0.6 is 23.5 Å². The van der Waals surface area contributed by atoms with Gasteiger partial charge in [-0.25, -0.2) is 19.9 Å². The number of rotatable bonds is 0. The number of benzene rings is 2. The molecule has 0 amide bonds. The number of aryl methyl sites for hydroxylation is 2. The Morgan fingerprint density at radius 1 is 0.583 bits per heavy atom. The Morgan fingerprint density at radius 3 is 1.38 bits per heavy atom. The first-order chi connectivity index (χ1) is 11.7. The van der Waals surface area contributed by atoms with E-state index in [0.29, 0.717) is 0 Å². The smallest absolute Gasteiger partial charge is 0.136 e. The number of fused-ring (bicyclic) bond motifs is 4. The van der Waals surface area contributed by atoms with E-state index in [0.717, 1.165) is 42.2 Å². The van der Waals surface area contributed by atoms with Gasteiger partial charge in [-0.1, -0.05) is 12.1 Å². The van der Waals surface area contributed by atoms with Crippen molar-refractivity contribution in [2.24, 2.45) is 0 Å². The van der Waals surface area contributed by atoms with E-state index in [-0.39, 0.29) is 0 Å². The zero-order valence-electron chi connectivity index (χ0n) is 13.1. The van der Waals surface area contributed by atoms with Gasteiger partial charge in [0.2, 0.25) is 0 Å². The quantitative estimate of drug-likeness (QED) is 0.400. The first-order valence-electron chi connectivity index (χ1n) is 7.59. The fraction of sp³-hybridized carbons (Fsp3) is 0.111. The standard InChI is InChI=1S/C18H12N4S2/c1-9-7-13-14(8-10(9)2)22-18-17(21-13)23-15-16(24-18)20-12-6-4-3-5-11(12)19-15/h3-8H,1-2H3. The lowest BCUT2D eigenvalue weighted by atomic mass is 10.1. The van der Waals surface area contributed by atoms with Crippen molar-refractivity contribution in [2.45, 2.75) is 34.0 Å². The first-order valence-corrected chi connectivity index (χ1v) is 9.22. The van der Waals surface area contributed by atoms with Crippen molar-refractivity contribution < 1.29 is 0 Å². The molecule has 0 radical (unpaired) electrons. The van der Waals surface area contributed by atoms with Crippen molar-refractivity contribution in [3.05, 3.63) is 47.5 Å². The van der Waals surface area contributed by atoms with Gasteiger partial charge >= 0.3 is 0 Å². The lowest BCUT2D eigenvalue weighted by Gasteiger charge is -2.16. The van der Waals surface area contributed by atoms with Gasteiger partial charge in [-0.2, -0.15) is 0 Å². The number of hydrogen-bond acceptors (Lipinski definition) is 6. The van der Waals surface area contributed by atoms with Crippen LogP contribution in [-0.4, -0.2) is 19.9 Å². The van der Waals surface area contributed by atoms with Crippen molar-refractivity contribution in [2.75, 3.05) is 0 Å². The molecule has 0 bridgehead atoms. The molecule has 3 heterocycles. The molecule has 4 aromatic rings. The van der Waals surface area contributed by atoms with Gasteiger partial charge in [0.15, 0.2) is 0 Å². The van der Waals surface area contributed by atoms with Gasteiger partial charge in [0.25, 0.3) is 0 Å². The summed E-state index contributed by atoms with van der Waals surface area (Å²) in [4.78, 5) is 19.1. The van der Waals surface area contributed by atoms with Crippen LogP contribution in [0, 0.1) is 13.8 Å². The fourth-order valence-corrected chi connectivity index (χ4v) is 4.67. The van der Waals surface area contributed by atoms with Gasteiger partial charge in [-0.3, -0.25) is 0 Å². The van der Waals surface area contributed by atoms with E-state index in [2.05, 4.69) is 26.0 Å². The van der Waals surface area contributed by atoms with Crippen molar-refractivity contribution in [3.63, 3.8) is 0 Å². The van der Waals surface area contributed by atoms with Crippen LogP contribution in [0.4, 0.5) is 0 Å². The van der Waals surface area contributed by atoms with Crippen LogP contribution in [0.15, 0.2) is 56.5 Å². The summed E-state index contributed by atoms with van der Waals surface area (Å²) in [6.45, 7) is 4.20. The second kappa shape index (κ2) is 5.16. The van der Waals surface area contributed by atoms with Crippen molar-refractivity contribution in [1.82, 2.24) is 19.9 Å². The Hall–Kier alpha value is -2.18. The average molecular weight is 348 g/mol. The second-order valence-corrected chi connectivity index (χ2v) is 7.74. The van der Waals surface area contributed by atoms with E-state index in [1.165, 1.54) is 11.1 Å². The molecular weight excluding hydrogens is 336 g/mol. The second-order valence-electron chi connectivity index (χ2n) is 5.79. The van der Waals surface area contributed by atoms with E-state index in [9.17, 15) is 0 Å². The van der Waals surface area contributed by atoms with Gasteiger partial charge in [-0.15, -0.1) is 0 Å². The summed E-state index contributed by atoms with van der Waals surface area (Å²) in [5, 5.41) is 3.63. The highest BCUT2D eigenvalue weighted by atomic mass is 32.2. The summed E-state index contributed by atoms with van der Waals surface area (Å²) in [5.74, 6) is 0. The topological polar surface area (TPSA) is 51.6 Å². The van der Waals surface area contributed by atoms with Gasteiger partial charge in [0.1, 0.15) is 20.1 Å². The lowest BCUT2D eigenvalue weighted by Crippen LogP contribution is -2.01. The SMILES string of the molecule is Cc1cc2nc3c(nc2cc1C)Sc1nc2ccccc2nc1S3. The molecule has 0 spiro atoms. The minimum atomic E-state index is 0.906. The summed E-state index contributed by atoms with van der Waals surface area (Å²) in [7, 11) is 0. The van der Waals surface area contributed by atoms with Crippen LogP contribution in [0.2, 0.25) is 0 Å². The maximum atomic E-state index is 4.81. The molecule has 0 unspecified atom stereocenters. The van der Waals surface area contributed by atoms with E-state index in [4.69, 9.17) is 19.9 Å². The highest BCUT2D eigenvalue weighted by Gasteiger charge is 2.23. The molecule has 6 heteroatoms. The predicted molar refractivity (Wildman–Crippen MR) is 96.8 cm³/mol. The number of nitrogens with zero attached hydrogens (tertiary/aromatic N) is 4. The van der Waals surface area contributed by atoms with Crippen LogP contribution in [0.5, 0.6) is 0 Å². The maximum Gasteiger partial charge on any atom is 0.136 e. The molecular formula is C18H12N4S2. The van der Waals surface area contributed by atoms with E-state index in [1.807, 2.05) is 24.3 Å². The van der Waals surface area contributed by atoms with Crippen molar-refractivity contribution in [3.8, 4) is 0 Å². The minimum absolute atomic E-state index is 0.906. The molecule has 1 aliphatic heterocycles. The van der Waals surface area contributed by atoms with Gasteiger partial charge in [-0.05, 0) is 72.8 Å². The van der Waals surface area contributed by atoms with Gasteiger partial charge in [0.05, 0.1) is 22.1 Å². The number of hydrogen-bond donors (Lipinski definition) is 0. The molecule has 5 rings (SSSR count). The minimum Gasteiger partial charge on any atom is -0.237 e. The van der Waals surface area contributed by atoms with E-state index >= 15 is 0 Å². The number of aromatic nitrogens is 4. The molecule has 2 aromatic heterocycles. The third-order valence-electron chi connectivity index (χ3n) is 4.11. The summed E-state index contributed by atoms with van der Waals surface area (Å²) in [6.07, 6.45) is 0. The molecule has 0 atom stereocenters. The third kappa shape index (κ3) is 2.17. The molecule has 4 nitrogen and oxygen atoms in total. The average Bonchev–Trinajstić information content (AvgIpc) is 2.58. The molecule has 2 aromatic carbocycles. The largest absolute Gasteiger partial charge is 0.237 e.